The lowest BCUT2D eigenvalue weighted by Crippen LogP contribution is -2.46. The third kappa shape index (κ3) is 5.25. The fraction of sp³-hybridized carbons (Fsp3) is 0.103. The molecule has 1 aliphatic heterocycles. The van der Waals surface area contributed by atoms with Crippen LogP contribution in [0.15, 0.2) is 85.1 Å². The smallest absolute Gasteiger partial charge is 0.336 e. The molecular formula is C29H21Cl2N3O4. The lowest BCUT2D eigenvalue weighted by molar-refractivity contribution is -0.120. The molecule has 0 unspecified atom stereocenters. The first-order valence-corrected chi connectivity index (χ1v) is 12.5. The molecule has 1 aliphatic rings. The van der Waals surface area contributed by atoms with Gasteiger partial charge in [0.1, 0.15) is 6.04 Å². The molecule has 4 aromatic rings. The molecule has 0 spiro atoms. The van der Waals surface area contributed by atoms with Gasteiger partial charge in [0.25, 0.3) is 5.91 Å². The Bertz CT molecular complexity index is 1540. The van der Waals surface area contributed by atoms with E-state index in [-0.39, 0.29) is 30.3 Å². The number of halogens is 2. The predicted molar refractivity (Wildman–Crippen MR) is 146 cm³/mol. The van der Waals surface area contributed by atoms with Crippen molar-refractivity contribution in [3.63, 3.8) is 0 Å². The molecule has 7 nitrogen and oxygen atoms in total. The summed E-state index contributed by atoms with van der Waals surface area (Å²) in [5.74, 6) is -1.80. The van der Waals surface area contributed by atoms with E-state index in [4.69, 9.17) is 23.2 Å². The molecule has 0 saturated carbocycles. The van der Waals surface area contributed by atoms with Gasteiger partial charge in [-0.15, -0.1) is 0 Å². The maximum absolute atomic E-state index is 13.8. The maximum atomic E-state index is 13.8. The summed E-state index contributed by atoms with van der Waals surface area (Å²) in [6.45, 7) is 0.0618. The summed E-state index contributed by atoms with van der Waals surface area (Å²) < 4.78 is 0. The number of aromatic carboxylic acids is 1. The molecule has 0 fully saturated rings. The van der Waals surface area contributed by atoms with Gasteiger partial charge in [0.2, 0.25) is 5.91 Å². The maximum Gasteiger partial charge on any atom is 0.336 e. The lowest BCUT2D eigenvalue weighted by atomic mass is 9.96. The number of nitrogens with one attached hydrogen (secondary N) is 1. The highest BCUT2D eigenvalue weighted by Crippen LogP contribution is 2.31. The third-order valence-corrected chi connectivity index (χ3v) is 6.85. The largest absolute Gasteiger partial charge is 0.478 e. The molecule has 3 aromatic carbocycles. The van der Waals surface area contributed by atoms with Crippen LogP contribution in [0.1, 0.15) is 32.0 Å². The molecule has 0 bridgehead atoms. The SMILES string of the molecule is O=C(O)c1ccc(CN2C(=O)c3ccc(Cl)cc3NC(=O)[C@H]2Cc2ccccn2)cc1-c1ccc(Cl)cc1. The Morgan fingerprint density at radius 2 is 1.68 bits per heavy atom. The summed E-state index contributed by atoms with van der Waals surface area (Å²) in [6, 6.07) is 21.0. The zero-order chi connectivity index (χ0) is 26.8. The topological polar surface area (TPSA) is 99.6 Å². The Morgan fingerprint density at radius 3 is 2.39 bits per heavy atom. The number of rotatable bonds is 6. The second kappa shape index (κ2) is 10.7. The van der Waals surface area contributed by atoms with Gasteiger partial charge in [0.05, 0.1) is 16.8 Å². The summed E-state index contributed by atoms with van der Waals surface area (Å²) in [4.78, 5) is 45.1. The van der Waals surface area contributed by atoms with Gasteiger partial charge in [0, 0.05) is 34.9 Å². The number of carbonyl (C=O) groups is 3. The van der Waals surface area contributed by atoms with Crippen molar-refractivity contribution in [3.8, 4) is 11.1 Å². The van der Waals surface area contributed by atoms with E-state index in [2.05, 4.69) is 10.3 Å². The van der Waals surface area contributed by atoms with Crippen molar-refractivity contribution >= 4 is 46.7 Å². The van der Waals surface area contributed by atoms with Crippen molar-refractivity contribution in [2.45, 2.75) is 19.0 Å². The molecule has 2 N–H and O–H groups in total. The second-order valence-electron chi connectivity index (χ2n) is 8.85. The fourth-order valence-electron chi connectivity index (χ4n) is 4.50. The van der Waals surface area contributed by atoms with Crippen LogP contribution in [0.5, 0.6) is 0 Å². The van der Waals surface area contributed by atoms with E-state index in [0.29, 0.717) is 43.7 Å². The van der Waals surface area contributed by atoms with Gasteiger partial charge in [-0.3, -0.25) is 14.6 Å². The van der Waals surface area contributed by atoms with Crippen LogP contribution in [0.25, 0.3) is 11.1 Å². The van der Waals surface area contributed by atoms with Crippen LogP contribution in [0.4, 0.5) is 5.69 Å². The molecule has 2 heterocycles. The standard InChI is InChI=1S/C29H21Cl2N3O4/c30-19-7-5-18(6-8-19)24-13-17(4-10-22(24)29(37)38)16-34-26(15-21-3-1-2-12-32-21)27(35)33-25-14-20(31)9-11-23(25)28(34)36/h1-14,26H,15-16H2,(H,33,35)(H,37,38)/t26-/m1/s1. The Hall–Kier alpha value is -4.20. The molecule has 1 atom stereocenters. The van der Waals surface area contributed by atoms with E-state index in [9.17, 15) is 19.5 Å². The number of fused-ring (bicyclic) bond motifs is 1. The summed E-state index contributed by atoms with van der Waals surface area (Å²) >= 11 is 12.2. The monoisotopic (exact) mass is 545 g/mol. The summed E-state index contributed by atoms with van der Waals surface area (Å²) in [5.41, 5.74) is 3.21. The van der Waals surface area contributed by atoms with E-state index < -0.39 is 12.0 Å². The minimum atomic E-state index is -1.08. The molecular weight excluding hydrogens is 525 g/mol. The van der Waals surface area contributed by atoms with Crippen LogP contribution in [-0.4, -0.2) is 38.8 Å². The minimum absolute atomic E-state index is 0.0618. The Kier molecular flexibility index (Phi) is 7.13. The summed E-state index contributed by atoms with van der Waals surface area (Å²) in [7, 11) is 0. The van der Waals surface area contributed by atoms with Crippen molar-refractivity contribution in [1.29, 1.82) is 0 Å². The number of anilines is 1. The average Bonchev–Trinajstić information content (AvgIpc) is 2.99. The van der Waals surface area contributed by atoms with Gasteiger partial charge in [-0.05, 0) is 71.3 Å². The predicted octanol–water partition coefficient (Wildman–Crippen LogP) is 5.96. The van der Waals surface area contributed by atoms with Gasteiger partial charge < -0.3 is 15.3 Å². The van der Waals surface area contributed by atoms with Gasteiger partial charge in [-0.1, -0.05) is 47.5 Å². The van der Waals surface area contributed by atoms with Crippen molar-refractivity contribution in [1.82, 2.24) is 9.88 Å². The zero-order valence-corrected chi connectivity index (χ0v) is 21.4. The second-order valence-corrected chi connectivity index (χ2v) is 9.72. The molecule has 38 heavy (non-hydrogen) atoms. The molecule has 1 aromatic heterocycles. The van der Waals surface area contributed by atoms with Gasteiger partial charge in [0.15, 0.2) is 0 Å². The third-order valence-electron chi connectivity index (χ3n) is 6.36. The number of aromatic nitrogens is 1. The highest BCUT2D eigenvalue weighted by Gasteiger charge is 2.36. The van der Waals surface area contributed by atoms with E-state index >= 15 is 0 Å². The summed E-state index contributed by atoms with van der Waals surface area (Å²) in [5, 5.41) is 13.5. The number of pyridine rings is 1. The quantitative estimate of drug-likeness (QED) is 0.311. The van der Waals surface area contributed by atoms with Crippen LogP contribution < -0.4 is 5.32 Å². The van der Waals surface area contributed by atoms with Crippen LogP contribution in [-0.2, 0) is 17.8 Å². The lowest BCUT2D eigenvalue weighted by Gasteiger charge is -2.29. The van der Waals surface area contributed by atoms with Crippen molar-refractivity contribution in [2.75, 3.05) is 5.32 Å². The van der Waals surface area contributed by atoms with Gasteiger partial charge in [-0.2, -0.15) is 0 Å². The Labute approximate surface area is 228 Å². The van der Waals surface area contributed by atoms with E-state index in [1.165, 1.54) is 11.0 Å². The molecule has 2 amide bonds. The van der Waals surface area contributed by atoms with E-state index in [1.807, 2.05) is 6.07 Å². The molecule has 0 aliphatic carbocycles. The number of carboxylic acids is 1. The average molecular weight is 546 g/mol. The minimum Gasteiger partial charge on any atom is -0.478 e. The van der Waals surface area contributed by atoms with Crippen LogP contribution in [0.2, 0.25) is 10.0 Å². The Balaban J connectivity index is 1.58. The number of nitrogens with zero attached hydrogens (tertiary/aromatic N) is 2. The van der Waals surface area contributed by atoms with Crippen molar-refractivity contribution in [3.05, 3.63) is 117 Å². The van der Waals surface area contributed by atoms with E-state index in [1.54, 1.807) is 72.9 Å². The number of amides is 2. The van der Waals surface area contributed by atoms with Crippen LogP contribution in [0.3, 0.4) is 0 Å². The zero-order valence-electron chi connectivity index (χ0n) is 19.9. The first-order valence-electron chi connectivity index (χ1n) is 11.7. The van der Waals surface area contributed by atoms with Crippen molar-refractivity contribution in [2.24, 2.45) is 0 Å². The first kappa shape index (κ1) is 25.4. The first-order chi connectivity index (χ1) is 18.3. The van der Waals surface area contributed by atoms with Gasteiger partial charge in [-0.25, -0.2) is 4.79 Å². The normalized spacial score (nSPS) is 15.0. The number of carboxylic acid groups (broad SMARTS) is 1. The number of carbonyl (C=O) groups excluding carboxylic acids is 2. The Morgan fingerprint density at radius 1 is 0.921 bits per heavy atom. The van der Waals surface area contributed by atoms with E-state index in [0.717, 1.165) is 0 Å². The number of benzene rings is 3. The highest BCUT2D eigenvalue weighted by atomic mass is 35.5. The van der Waals surface area contributed by atoms with Crippen LogP contribution in [0, 0.1) is 0 Å². The molecule has 9 heteroatoms. The molecule has 190 valence electrons. The van der Waals surface area contributed by atoms with Crippen molar-refractivity contribution < 1.29 is 19.5 Å². The number of hydrogen-bond acceptors (Lipinski definition) is 4. The highest BCUT2D eigenvalue weighted by molar-refractivity contribution is 6.31. The van der Waals surface area contributed by atoms with Crippen LogP contribution >= 0.6 is 23.2 Å². The number of hydrogen-bond donors (Lipinski definition) is 2. The fourth-order valence-corrected chi connectivity index (χ4v) is 4.80. The molecule has 0 saturated heterocycles. The van der Waals surface area contributed by atoms with Gasteiger partial charge >= 0.3 is 5.97 Å². The molecule has 5 rings (SSSR count). The summed E-state index contributed by atoms with van der Waals surface area (Å²) in [6.07, 6.45) is 1.82. The molecule has 0 radical (unpaired) electrons.